The van der Waals surface area contributed by atoms with Crippen molar-refractivity contribution < 1.29 is 48.0 Å². The van der Waals surface area contributed by atoms with Crippen LogP contribution in [-0.4, -0.2) is 83.6 Å². The van der Waals surface area contributed by atoms with Crippen LogP contribution in [0.25, 0.3) is 0 Å². The number of aliphatic carboxylic acids is 3. The number of hydrogen-bond donors (Lipinski definition) is 7. The van der Waals surface area contributed by atoms with Gasteiger partial charge in [-0.15, -0.1) is 0 Å². The second-order valence-corrected chi connectivity index (χ2v) is 9.52. The second-order valence-electron chi connectivity index (χ2n) is 7.78. The maximum Gasteiger partial charge on any atom is 0.336 e. The van der Waals surface area contributed by atoms with Gasteiger partial charge in [-0.2, -0.15) is 0 Å². The largest absolute Gasteiger partial charge is 0.481 e. The summed E-state index contributed by atoms with van der Waals surface area (Å²) < 4.78 is 23.8. The van der Waals surface area contributed by atoms with Gasteiger partial charge in [-0.1, -0.05) is 0 Å². The molecule has 2 rings (SSSR count). The molecule has 1 aliphatic rings. The minimum atomic E-state index is -3.57. The number of anilines is 1. The minimum Gasteiger partial charge on any atom is -0.481 e. The molecule has 0 aromatic heterocycles. The number of benzene rings is 1. The lowest BCUT2D eigenvalue weighted by molar-refractivity contribution is -0.170. The Hall–Kier alpha value is -3.72. The van der Waals surface area contributed by atoms with Gasteiger partial charge in [0.05, 0.1) is 19.1 Å². The first kappa shape index (κ1) is 29.3. The number of hydrogen-bond acceptors (Lipinski definition) is 9. The molecule has 35 heavy (non-hydrogen) atoms. The molecule has 14 nitrogen and oxygen atoms in total. The molecule has 1 aliphatic heterocycles. The summed E-state index contributed by atoms with van der Waals surface area (Å²) in [6.45, 7) is 2.04. The molecule has 0 atom stereocenters. The third-order valence-corrected chi connectivity index (χ3v) is 5.24. The van der Waals surface area contributed by atoms with Crippen LogP contribution in [0.4, 0.5) is 5.69 Å². The van der Waals surface area contributed by atoms with E-state index < -0.39 is 58.2 Å². The molecule has 1 fully saturated rings. The van der Waals surface area contributed by atoms with Crippen LogP contribution in [0.2, 0.25) is 0 Å². The Morgan fingerprint density at radius 3 is 1.86 bits per heavy atom. The highest BCUT2D eigenvalue weighted by Crippen LogP contribution is 2.20. The molecule has 1 amide bonds. The lowest BCUT2D eigenvalue weighted by atomic mass is 9.96. The highest BCUT2D eigenvalue weighted by atomic mass is 32.2. The van der Waals surface area contributed by atoms with E-state index in [1.807, 2.05) is 16.9 Å². The molecule has 0 bridgehead atoms. The monoisotopic (exact) mass is 516 g/mol. The smallest absolute Gasteiger partial charge is 0.336 e. The van der Waals surface area contributed by atoms with Crippen molar-refractivity contribution in [3.63, 3.8) is 0 Å². The summed E-state index contributed by atoms with van der Waals surface area (Å²) in [5.41, 5.74) is -1.29. The Bertz CT molecular complexity index is 1030. The lowest BCUT2D eigenvalue weighted by Gasteiger charge is -2.28. The molecular weight excluding hydrogens is 488 g/mol. The number of sulfonamides is 1. The summed E-state index contributed by atoms with van der Waals surface area (Å²) in [7, 11) is -3.57. The van der Waals surface area contributed by atoms with Gasteiger partial charge in [0.25, 0.3) is 5.91 Å². The average Bonchev–Trinajstić information content (AvgIpc) is 2.72. The number of nitrogens with one attached hydrogen (secondary N) is 3. The zero-order valence-electron chi connectivity index (χ0n) is 18.9. The summed E-state index contributed by atoms with van der Waals surface area (Å²) in [6.07, 6.45) is 2.24. The van der Waals surface area contributed by atoms with Crippen molar-refractivity contribution in [2.45, 2.75) is 37.7 Å². The molecule has 7 N–H and O–H groups in total. The van der Waals surface area contributed by atoms with Gasteiger partial charge >= 0.3 is 17.9 Å². The first-order valence-corrected chi connectivity index (χ1v) is 12.1. The number of amides is 1. The lowest BCUT2D eigenvalue weighted by Crippen LogP contribution is -2.42. The Balaban J connectivity index is 0.000000405. The van der Waals surface area contributed by atoms with Gasteiger partial charge in [-0.25, -0.2) is 13.2 Å². The Kier molecular flexibility index (Phi) is 10.6. The normalized spacial score (nSPS) is 13.6. The number of rotatable bonds is 8. The maximum atomic E-state index is 11.9. The van der Waals surface area contributed by atoms with E-state index in [0.717, 1.165) is 25.0 Å². The van der Waals surface area contributed by atoms with Crippen LogP contribution in [0.5, 0.6) is 0 Å². The van der Waals surface area contributed by atoms with Gasteiger partial charge in [-0.3, -0.25) is 29.8 Å². The van der Waals surface area contributed by atoms with Crippen molar-refractivity contribution in [2.24, 2.45) is 0 Å². The van der Waals surface area contributed by atoms with Crippen LogP contribution in [0.3, 0.4) is 0 Å². The van der Waals surface area contributed by atoms with E-state index in [0.29, 0.717) is 5.56 Å². The number of piperidine rings is 1. The first-order chi connectivity index (χ1) is 16.1. The number of carbonyl (C=O) groups is 4. The van der Waals surface area contributed by atoms with Gasteiger partial charge in [0.15, 0.2) is 5.60 Å². The zero-order valence-corrected chi connectivity index (χ0v) is 19.7. The number of nitrogens with zero attached hydrogens (tertiary/aromatic N) is 1. The Morgan fingerprint density at radius 2 is 1.46 bits per heavy atom. The van der Waals surface area contributed by atoms with Gasteiger partial charge in [0, 0.05) is 24.3 Å². The molecule has 1 heterocycles. The van der Waals surface area contributed by atoms with E-state index >= 15 is 0 Å². The van der Waals surface area contributed by atoms with Crippen LogP contribution in [-0.2, 0) is 24.4 Å². The van der Waals surface area contributed by atoms with Crippen molar-refractivity contribution in [3.05, 3.63) is 29.8 Å². The summed E-state index contributed by atoms with van der Waals surface area (Å²) in [6, 6.07) is 7.09. The fraction of sp³-hybridized carbons (Fsp3) is 0.450. The molecule has 194 valence electrons. The number of aliphatic hydroxyl groups is 1. The van der Waals surface area contributed by atoms with Crippen LogP contribution in [0, 0.1) is 5.41 Å². The number of guanidine groups is 1. The number of carboxylic acid groups (broad SMARTS) is 3. The van der Waals surface area contributed by atoms with E-state index in [9.17, 15) is 27.6 Å². The van der Waals surface area contributed by atoms with Crippen molar-refractivity contribution in [3.8, 4) is 0 Å². The molecule has 0 saturated carbocycles. The average molecular weight is 517 g/mol. The van der Waals surface area contributed by atoms with E-state index in [2.05, 4.69) is 10.2 Å². The third-order valence-electron chi connectivity index (χ3n) is 4.66. The van der Waals surface area contributed by atoms with Crippen molar-refractivity contribution in [1.29, 1.82) is 5.41 Å². The SMILES string of the molecule is CS(=O)(=O)NC(=N)NC(=O)c1ccc(N2CCCCC2)cc1.O=C(O)CC(O)(CC(=O)O)C(=O)O. The van der Waals surface area contributed by atoms with Gasteiger partial charge in [0.2, 0.25) is 16.0 Å². The van der Waals surface area contributed by atoms with Crippen LogP contribution >= 0.6 is 0 Å². The van der Waals surface area contributed by atoms with Crippen molar-refractivity contribution in [1.82, 2.24) is 10.0 Å². The predicted molar refractivity (Wildman–Crippen MR) is 123 cm³/mol. The standard InChI is InChI=1S/C14H20N4O3S.C6H8O7/c1-22(20,21)17-14(15)16-13(19)11-5-7-12(8-6-11)18-9-3-2-4-10-18;7-3(8)1-6(13,5(11)12)2-4(9)10/h5-8H,2-4,9-10H2,1H3,(H3,15,16,17,19);13H,1-2H2,(H,7,8)(H,9,10)(H,11,12). The maximum absolute atomic E-state index is 11.9. The molecule has 1 saturated heterocycles. The third kappa shape index (κ3) is 10.8. The quantitative estimate of drug-likeness (QED) is 0.174. The summed E-state index contributed by atoms with van der Waals surface area (Å²) in [5.74, 6) is -6.10. The molecule has 0 spiro atoms. The predicted octanol–water partition coefficient (Wildman–Crippen LogP) is -0.358. The van der Waals surface area contributed by atoms with E-state index in [-0.39, 0.29) is 0 Å². The summed E-state index contributed by atoms with van der Waals surface area (Å²) in [5, 5.41) is 43.4. The topological polar surface area (TPSA) is 234 Å². The summed E-state index contributed by atoms with van der Waals surface area (Å²) >= 11 is 0. The second kappa shape index (κ2) is 12.7. The molecular formula is C20H28N4O10S. The van der Waals surface area contributed by atoms with Crippen LogP contribution in [0.1, 0.15) is 42.5 Å². The zero-order chi connectivity index (χ0) is 26.8. The molecule has 0 aliphatic carbocycles. The minimum absolute atomic E-state index is 0.376. The van der Waals surface area contributed by atoms with Crippen LogP contribution in [0.15, 0.2) is 24.3 Å². The van der Waals surface area contributed by atoms with Crippen molar-refractivity contribution >= 4 is 45.5 Å². The number of carboxylic acids is 3. The molecule has 0 radical (unpaired) electrons. The van der Waals surface area contributed by atoms with E-state index in [1.165, 1.54) is 19.3 Å². The Labute approximate surface area is 201 Å². The fourth-order valence-corrected chi connectivity index (χ4v) is 3.51. The molecule has 1 aromatic carbocycles. The Morgan fingerprint density at radius 1 is 0.971 bits per heavy atom. The first-order valence-electron chi connectivity index (χ1n) is 10.2. The van der Waals surface area contributed by atoms with Gasteiger partial charge in [0.1, 0.15) is 0 Å². The van der Waals surface area contributed by atoms with Gasteiger partial charge in [-0.05, 0) is 43.5 Å². The summed E-state index contributed by atoms with van der Waals surface area (Å²) in [4.78, 5) is 44.7. The van der Waals surface area contributed by atoms with Crippen molar-refractivity contribution in [2.75, 3.05) is 24.2 Å². The molecule has 15 heteroatoms. The fourth-order valence-electron chi connectivity index (χ4n) is 3.09. The molecule has 1 aromatic rings. The molecule has 0 unspecified atom stereocenters. The van der Waals surface area contributed by atoms with Crippen LogP contribution < -0.4 is 14.9 Å². The highest BCUT2D eigenvalue weighted by molar-refractivity contribution is 7.89. The highest BCUT2D eigenvalue weighted by Gasteiger charge is 2.40. The van der Waals surface area contributed by atoms with E-state index in [1.54, 1.807) is 12.1 Å². The number of carbonyl (C=O) groups excluding carboxylic acids is 1. The van der Waals surface area contributed by atoms with E-state index in [4.69, 9.17) is 25.8 Å². The van der Waals surface area contributed by atoms with Gasteiger partial charge < -0.3 is 25.3 Å².